The van der Waals surface area contributed by atoms with Crippen molar-refractivity contribution in [1.82, 2.24) is 10.2 Å². The van der Waals surface area contributed by atoms with Crippen molar-refractivity contribution >= 4 is 39.1 Å². The molecule has 0 bridgehead atoms. The normalized spacial score (nSPS) is 12.0. The molecule has 0 saturated heterocycles. The topological polar surface area (TPSA) is 86.8 Å². The molecule has 3 aromatic rings. The molecule has 0 saturated carbocycles. The molecule has 7 nitrogen and oxygen atoms in total. The van der Waals surface area contributed by atoms with Crippen LogP contribution >= 0.6 is 11.6 Å². The summed E-state index contributed by atoms with van der Waals surface area (Å²) in [6.07, 6.45) is 2.78. The van der Waals surface area contributed by atoms with Crippen LogP contribution in [0, 0.1) is 5.82 Å². The van der Waals surface area contributed by atoms with E-state index >= 15 is 0 Å². The standard InChI is InChI=1S/C29H33ClFN3O4S/c1-3-4-18-32-29(36)27(19-22-10-6-5-7-11-22)33(20-23-12-8-9-13-26(23)31)28(35)21-34(39(2,37)38)25-16-14-24(30)15-17-25/h5-17,27H,3-4,18-21H2,1-2H3,(H,32,36)/t27-/m1/s1. The average molecular weight is 574 g/mol. The van der Waals surface area contributed by atoms with Crippen LogP contribution in [0.3, 0.4) is 0 Å². The first-order chi connectivity index (χ1) is 18.6. The van der Waals surface area contributed by atoms with Crippen molar-refractivity contribution in [2.45, 2.75) is 38.8 Å². The summed E-state index contributed by atoms with van der Waals surface area (Å²) in [6.45, 7) is 1.62. The summed E-state index contributed by atoms with van der Waals surface area (Å²) < 4.78 is 41.2. The van der Waals surface area contributed by atoms with Gasteiger partial charge in [-0.1, -0.05) is 73.5 Å². The van der Waals surface area contributed by atoms with Gasteiger partial charge in [0.25, 0.3) is 0 Å². The van der Waals surface area contributed by atoms with Crippen LogP contribution in [-0.2, 0) is 32.6 Å². The molecule has 3 rings (SSSR count). The second kappa shape index (κ2) is 14.1. The van der Waals surface area contributed by atoms with Gasteiger partial charge in [-0.15, -0.1) is 0 Å². The highest BCUT2D eigenvalue weighted by atomic mass is 35.5. The molecular weight excluding hydrogens is 541 g/mol. The second-order valence-corrected chi connectivity index (χ2v) is 11.6. The Labute approximate surface area is 234 Å². The number of halogens is 2. The Hall–Kier alpha value is -3.43. The highest BCUT2D eigenvalue weighted by Gasteiger charge is 2.33. The number of benzene rings is 3. The molecule has 208 valence electrons. The molecule has 0 aromatic heterocycles. The van der Waals surface area contributed by atoms with Gasteiger partial charge in [0, 0.05) is 30.1 Å². The van der Waals surface area contributed by atoms with Crippen LogP contribution in [-0.4, -0.2) is 50.5 Å². The van der Waals surface area contributed by atoms with Crippen LogP contribution in [0.15, 0.2) is 78.9 Å². The van der Waals surface area contributed by atoms with Gasteiger partial charge in [0.2, 0.25) is 21.8 Å². The maximum Gasteiger partial charge on any atom is 0.244 e. The monoisotopic (exact) mass is 573 g/mol. The Morgan fingerprint density at radius 3 is 2.23 bits per heavy atom. The Morgan fingerprint density at radius 2 is 1.62 bits per heavy atom. The quantitative estimate of drug-likeness (QED) is 0.298. The summed E-state index contributed by atoms with van der Waals surface area (Å²) in [6, 6.07) is 20.2. The van der Waals surface area contributed by atoms with E-state index in [9.17, 15) is 22.4 Å². The fraction of sp³-hybridized carbons (Fsp3) is 0.310. The maximum atomic E-state index is 14.8. The summed E-state index contributed by atoms with van der Waals surface area (Å²) in [7, 11) is -3.89. The number of carbonyl (C=O) groups excluding carboxylic acids is 2. The number of unbranched alkanes of at least 4 members (excludes halogenated alkanes) is 1. The van der Waals surface area contributed by atoms with Gasteiger partial charge in [0.15, 0.2) is 0 Å². The van der Waals surface area contributed by atoms with E-state index in [2.05, 4.69) is 5.32 Å². The first-order valence-electron chi connectivity index (χ1n) is 12.7. The molecule has 3 aromatic carbocycles. The zero-order valence-electron chi connectivity index (χ0n) is 22.0. The van der Waals surface area contributed by atoms with Crippen molar-refractivity contribution in [1.29, 1.82) is 0 Å². The predicted molar refractivity (Wildman–Crippen MR) is 152 cm³/mol. The molecule has 2 amide bonds. The lowest BCUT2D eigenvalue weighted by molar-refractivity contribution is -0.140. The summed E-state index contributed by atoms with van der Waals surface area (Å²) in [4.78, 5) is 28.7. The van der Waals surface area contributed by atoms with Gasteiger partial charge in [-0.3, -0.25) is 13.9 Å². The van der Waals surface area contributed by atoms with Crippen molar-refractivity contribution in [3.63, 3.8) is 0 Å². The molecule has 0 unspecified atom stereocenters. The van der Waals surface area contributed by atoms with Crippen molar-refractivity contribution in [2.24, 2.45) is 0 Å². The third-order valence-electron chi connectivity index (χ3n) is 6.19. The molecule has 1 N–H and O–H groups in total. The molecule has 1 atom stereocenters. The van der Waals surface area contributed by atoms with Crippen LogP contribution in [0.4, 0.5) is 10.1 Å². The van der Waals surface area contributed by atoms with Gasteiger partial charge < -0.3 is 10.2 Å². The van der Waals surface area contributed by atoms with Gasteiger partial charge in [-0.25, -0.2) is 12.8 Å². The van der Waals surface area contributed by atoms with E-state index in [0.717, 1.165) is 29.0 Å². The molecule has 0 radical (unpaired) electrons. The van der Waals surface area contributed by atoms with E-state index in [1.54, 1.807) is 6.07 Å². The number of hydrogen-bond donors (Lipinski definition) is 1. The lowest BCUT2D eigenvalue weighted by Crippen LogP contribution is -2.53. The van der Waals surface area contributed by atoms with E-state index in [0.29, 0.717) is 11.6 Å². The van der Waals surface area contributed by atoms with Gasteiger partial charge in [-0.05, 0) is 42.3 Å². The average Bonchev–Trinajstić information content (AvgIpc) is 2.91. The fourth-order valence-corrected chi connectivity index (χ4v) is 5.07. The summed E-state index contributed by atoms with van der Waals surface area (Å²) in [5.41, 5.74) is 1.26. The van der Waals surface area contributed by atoms with E-state index in [1.165, 1.54) is 47.4 Å². The van der Waals surface area contributed by atoms with Gasteiger partial charge >= 0.3 is 0 Å². The third kappa shape index (κ3) is 8.80. The van der Waals surface area contributed by atoms with E-state index in [1.807, 2.05) is 37.3 Å². The van der Waals surface area contributed by atoms with Crippen LogP contribution in [0.5, 0.6) is 0 Å². The smallest absolute Gasteiger partial charge is 0.244 e. The van der Waals surface area contributed by atoms with Crippen LogP contribution in [0.2, 0.25) is 5.02 Å². The van der Waals surface area contributed by atoms with Crippen molar-refractivity contribution in [2.75, 3.05) is 23.7 Å². The summed E-state index contributed by atoms with van der Waals surface area (Å²) >= 11 is 5.97. The van der Waals surface area contributed by atoms with E-state index in [4.69, 9.17) is 11.6 Å². The lowest BCUT2D eigenvalue weighted by Gasteiger charge is -2.33. The van der Waals surface area contributed by atoms with Crippen LogP contribution in [0.1, 0.15) is 30.9 Å². The fourth-order valence-electron chi connectivity index (χ4n) is 4.09. The SMILES string of the molecule is CCCCNC(=O)[C@@H](Cc1ccccc1)N(Cc1ccccc1F)C(=O)CN(c1ccc(Cl)cc1)S(C)(=O)=O. The van der Waals surface area contributed by atoms with E-state index in [-0.39, 0.29) is 24.2 Å². The Morgan fingerprint density at radius 1 is 0.974 bits per heavy atom. The van der Waals surface area contributed by atoms with Gasteiger partial charge in [0.05, 0.1) is 11.9 Å². The largest absolute Gasteiger partial charge is 0.354 e. The number of carbonyl (C=O) groups is 2. The number of sulfonamides is 1. The Balaban J connectivity index is 2.03. The molecule has 0 aliphatic rings. The molecule has 0 aliphatic carbocycles. The number of anilines is 1. The molecule has 0 aliphatic heterocycles. The Kier molecular flexibility index (Phi) is 10.9. The zero-order valence-corrected chi connectivity index (χ0v) is 23.6. The number of nitrogens with zero attached hydrogens (tertiary/aromatic N) is 2. The van der Waals surface area contributed by atoms with Gasteiger partial charge in [0.1, 0.15) is 18.4 Å². The van der Waals surface area contributed by atoms with Crippen molar-refractivity contribution in [3.05, 3.63) is 101 Å². The first kappa shape index (κ1) is 30.1. The number of hydrogen-bond acceptors (Lipinski definition) is 4. The minimum atomic E-state index is -3.89. The third-order valence-corrected chi connectivity index (χ3v) is 7.59. The second-order valence-electron chi connectivity index (χ2n) is 9.21. The first-order valence-corrected chi connectivity index (χ1v) is 14.9. The molecule has 10 heteroatoms. The molecule has 0 fully saturated rings. The van der Waals surface area contributed by atoms with Crippen molar-refractivity contribution < 1.29 is 22.4 Å². The minimum absolute atomic E-state index is 0.165. The van der Waals surface area contributed by atoms with Crippen molar-refractivity contribution in [3.8, 4) is 0 Å². The Bertz CT molecular complexity index is 1350. The maximum absolute atomic E-state index is 14.8. The number of rotatable bonds is 13. The molecular formula is C29H33ClFN3O4S. The highest BCUT2D eigenvalue weighted by molar-refractivity contribution is 7.92. The minimum Gasteiger partial charge on any atom is -0.354 e. The molecule has 0 spiro atoms. The van der Waals surface area contributed by atoms with Crippen LogP contribution in [0.25, 0.3) is 0 Å². The molecule has 39 heavy (non-hydrogen) atoms. The zero-order chi connectivity index (χ0) is 28.4. The van der Waals surface area contributed by atoms with E-state index < -0.39 is 40.2 Å². The molecule has 0 heterocycles. The predicted octanol–water partition coefficient (Wildman–Crippen LogP) is 4.80. The van der Waals surface area contributed by atoms with Crippen LogP contribution < -0.4 is 9.62 Å². The lowest BCUT2D eigenvalue weighted by atomic mass is 10.0. The summed E-state index contributed by atoms with van der Waals surface area (Å²) in [5.74, 6) is -1.57. The highest BCUT2D eigenvalue weighted by Crippen LogP contribution is 2.22. The number of amides is 2. The number of nitrogens with one attached hydrogen (secondary N) is 1. The summed E-state index contributed by atoms with van der Waals surface area (Å²) in [5, 5.41) is 3.30. The van der Waals surface area contributed by atoms with Gasteiger partial charge in [-0.2, -0.15) is 0 Å².